The molecule has 33 heteroatoms. The molecule has 1 amide bonds. The molecule has 0 bridgehead atoms. The predicted molar refractivity (Wildman–Crippen MR) is 394 cm³/mol. The average Bonchev–Trinajstić information content (AvgIpc) is 1.60. The summed E-state index contributed by atoms with van der Waals surface area (Å²) in [4.78, 5) is 77.3. The maximum absolute atomic E-state index is 13.0. The average molecular weight is 1530 g/mol. The number of thioether (sulfide) groups is 3. The monoisotopic (exact) mass is 1530 g/mol. The van der Waals surface area contributed by atoms with E-state index in [4.69, 9.17) is 30.5 Å². The van der Waals surface area contributed by atoms with E-state index >= 15 is 0 Å². The number of H-pyrrole nitrogens is 1. The molecular formula is C62H66BrClN13NaO9S8. The Morgan fingerprint density at radius 3 is 1.63 bits per heavy atom. The van der Waals surface area contributed by atoms with E-state index in [0.29, 0.717) is 48.1 Å². The maximum atomic E-state index is 13.0. The van der Waals surface area contributed by atoms with Crippen molar-refractivity contribution in [2.45, 2.75) is 39.3 Å². The number of hydrogen-bond acceptors (Lipinski definition) is 23. The van der Waals surface area contributed by atoms with Crippen LogP contribution in [0.3, 0.4) is 0 Å². The van der Waals surface area contributed by atoms with Crippen molar-refractivity contribution >= 4 is 208 Å². The second-order valence-electron chi connectivity index (χ2n) is 19.2. The van der Waals surface area contributed by atoms with Crippen molar-refractivity contribution in [2.24, 2.45) is 28.2 Å². The van der Waals surface area contributed by atoms with Crippen LogP contribution in [0.5, 0.6) is 11.5 Å². The maximum Gasteiger partial charge on any atom is 1.00 e. The van der Waals surface area contributed by atoms with E-state index in [1.54, 1.807) is 145 Å². The summed E-state index contributed by atoms with van der Waals surface area (Å²) in [6.45, 7) is 4.76. The summed E-state index contributed by atoms with van der Waals surface area (Å²) >= 11 is 24.1. The first-order chi connectivity index (χ1) is 45.3. The Hall–Kier alpha value is -6.20. The first kappa shape index (κ1) is 77.8. The minimum absolute atomic E-state index is 0. The van der Waals surface area contributed by atoms with Gasteiger partial charge in [-0.1, -0.05) is 77.8 Å². The Labute approximate surface area is 616 Å². The van der Waals surface area contributed by atoms with E-state index in [2.05, 4.69) is 63.8 Å². The molecule has 3 aromatic carbocycles. The van der Waals surface area contributed by atoms with Gasteiger partial charge in [0.15, 0.2) is 39.5 Å². The van der Waals surface area contributed by atoms with Crippen LogP contribution in [0.2, 0.25) is 0 Å². The zero-order valence-electron chi connectivity index (χ0n) is 54.3. The zero-order valence-corrected chi connectivity index (χ0v) is 65.2. The number of esters is 2. The SMILES string of the molecule is CCOC(=O)c1cc2sc(Br)nc2n1C.CCOC(=O)c1cc2sc(SC)nc2n1C.CN(C=O)c1ccccc1.COc1cccc(CCl)c1.COc1cccc(Cn2ncc3c4sc(SC)nc4n(C)c3c2=O)c1.CSc1nc2c(s1)c1cn[nH]c(=O)c1n2C.C[S-].[Na+]. The summed E-state index contributed by atoms with van der Waals surface area (Å²) in [5, 5.41) is 12.4. The smallest absolute Gasteiger partial charge is 0.796 e. The Balaban J connectivity index is 0.000000184. The number of anilines is 1. The first-order valence-corrected chi connectivity index (χ1v) is 37.1. The Kier molecular flexibility index (Phi) is 30.7. The first-order valence-electron chi connectivity index (χ1n) is 28.0. The van der Waals surface area contributed by atoms with Crippen molar-refractivity contribution in [3.05, 3.63) is 151 Å². The summed E-state index contributed by atoms with van der Waals surface area (Å²) in [6.07, 6.45) is 11.8. The number of halogens is 2. The van der Waals surface area contributed by atoms with Gasteiger partial charge in [-0.15, -0.1) is 56.9 Å². The third-order valence-electron chi connectivity index (χ3n) is 13.5. The number of nitrogens with one attached hydrogen (secondary N) is 1. The van der Waals surface area contributed by atoms with Crippen molar-refractivity contribution in [2.75, 3.05) is 64.4 Å². The fraction of sp³-hybridized carbons (Fsp3) is 0.274. The van der Waals surface area contributed by atoms with Crippen LogP contribution in [-0.4, -0.2) is 136 Å². The van der Waals surface area contributed by atoms with Crippen molar-refractivity contribution in [1.29, 1.82) is 0 Å². The van der Waals surface area contributed by atoms with E-state index in [9.17, 15) is 24.0 Å². The number of aromatic amines is 1. The van der Waals surface area contributed by atoms with Crippen LogP contribution >= 0.6 is 108 Å². The van der Waals surface area contributed by atoms with Crippen molar-refractivity contribution in [1.82, 2.24) is 58.2 Å². The largest absolute Gasteiger partial charge is 1.00 e. The van der Waals surface area contributed by atoms with Gasteiger partial charge < -0.3 is 54.7 Å². The number of carbonyl (C=O) groups is 3. The molecule has 13 rings (SSSR count). The van der Waals surface area contributed by atoms with Gasteiger partial charge >= 0.3 is 41.5 Å². The number of methoxy groups -OCH3 is 2. The summed E-state index contributed by atoms with van der Waals surface area (Å²) in [5.74, 6) is 1.57. The second kappa shape index (κ2) is 37.5. The van der Waals surface area contributed by atoms with Crippen LogP contribution in [0, 0.1) is 0 Å². The minimum Gasteiger partial charge on any atom is -0.796 e. The Morgan fingerprint density at radius 1 is 0.653 bits per heavy atom. The number of nitrogens with zero attached hydrogens (tertiary/aromatic N) is 12. The number of para-hydroxylation sites is 1. The van der Waals surface area contributed by atoms with Crippen molar-refractivity contribution < 1.29 is 62.9 Å². The number of ether oxygens (including phenoxy) is 4. The van der Waals surface area contributed by atoms with Gasteiger partial charge in [0.05, 0.1) is 65.2 Å². The standard InChI is InChI=1S/C17H16N4O2S2.C10H12N2O2S2.C9H9BrN2O2S.C9H8N4OS2.C8H9ClO.C8H9NO.CH4S.Na/c1-20-13-12(14-15(20)19-17(24-3)25-14)8-18-21(16(13)22)9-10-5-4-6-11(7-10)23-2;1-4-14-9(13)6-5-7-8(12(6)2)11-10(15-3)16-7;1-3-14-8(13)5-4-6-7(12(5)2)11-9(10)15-6;1-13-5-4(3-10-12-8(5)14)6-7(13)11-9(15-2)16-6;1-10-8-4-2-3-7(5-8)6-9;1-9(7-10)8-5-3-2-4-6-8;1-2;/h4-8H,9H2,1-3H3;5H,4H2,1-3H3;4H,3H2,1-2H3;3H,1-2H3,(H,12,14);2-5H,6H2,1H3;2-7H,1H3;2H,1H3;/q;;;;;;;+1/p-1. The van der Waals surface area contributed by atoms with Gasteiger partial charge in [-0.3, -0.25) is 14.4 Å². The van der Waals surface area contributed by atoms with Crippen LogP contribution in [0.15, 0.2) is 130 Å². The molecule has 0 radical (unpaired) electrons. The normalized spacial score (nSPS) is 10.5. The van der Waals surface area contributed by atoms with Gasteiger partial charge in [-0.2, -0.15) is 16.5 Å². The van der Waals surface area contributed by atoms with Crippen LogP contribution in [0.25, 0.3) is 63.2 Å². The van der Waals surface area contributed by atoms with E-state index in [1.807, 2.05) is 134 Å². The Morgan fingerprint density at radius 2 is 1.14 bits per heavy atom. The number of fused-ring (bicyclic) bond motifs is 8. The quantitative estimate of drug-likeness (QED) is 0.0266. The van der Waals surface area contributed by atoms with Crippen LogP contribution in [-0.2, 0) is 67.5 Å². The van der Waals surface area contributed by atoms with E-state index < -0.39 is 0 Å². The molecule has 13 aromatic rings. The summed E-state index contributed by atoms with van der Waals surface area (Å²) in [5.41, 5.74) is 8.38. The molecule has 0 saturated heterocycles. The zero-order chi connectivity index (χ0) is 68.3. The minimum atomic E-state index is -0.304. The van der Waals surface area contributed by atoms with Gasteiger partial charge in [0.25, 0.3) is 11.1 Å². The molecule has 0 spiro atoms. The number of amides is 1. The summed E-state index contributed by atoms with van der Waals surface area (Å²) < 4.78 is 36.7. The number of alkyl halides is 1. The number of rotatable bonds is 14. The van der Waals surface area contributed by atoms with Crippen LogP contribution in [0.4, 0.5) is 5.69 Å². The molecule has 0 saturated carbocycles. The van der Waals surface area contributed by atoms with Crippen molar-refractivity contribution in [3.63, 3.8) is 0 Å². The van der Waals surface area contributed by atoms with Crippen LogP contribution in [0.1, 0.15) is 46.0 Å². The van der Waals surface area contributed by atoms with Gasteiger partial charge in [0, 0.05) is 57.6 Å². The molecule has 22 nitrogen and oxygen atoms in total. The fourth-order valence-corrected chi connectivity index (χ4v) is 15.4. The van der Waals surface area contributed by atoms with Gasteiger partial charge in [-0.25, -0.2) is 39.3 Å². The molecule has 0 unspecified atom stereocenters. The van der Waals surface area contributed by atoms with Crippen molar-refractivity contribution in [3.8, 4) is 11.5 Å². The van der Waals surface area contributed by atoms with E-state index in [-0.39, 0.29) is 52.6 Å². The second-order valence-corrected chi connectivity index (χ2v) is 27.9. The summed E-state index contributed by atoms with van der Waals surface area (Å²) in [6, 6.07) is 28.5. The fourth-order valence-electron chi connectivity index (χ4n) is 9.00. The molecule has 0 aliphatic rings. The molecule has 1 N–H and O–H groups in total. The number of carbonyl (C=O) groups excluding carboxylic acids is 3. The van der Waals surface area contributed by atoms with Crippen LogP contribution < -0.4 is 55.0 Å². The molecule has 10 aromatic heterocycles. The van der Waals surface area contributed by atoms with E-state index in [1.165, 1.54) is 20.9 Å². The molecule has 0 atom stereocenters. The molecule has 496 valence electrons. The number of aromatic nitrogens is 12. The van der Waals surface area contributed by atoms with E-state index in [0.717, 1.165) is 104 Å². The molecular weight excluding hydrogens is 1470 g/mol. The number of benzene rings is 3. The topological polar surface area (TPSA) is 243 Å². The predicted octanol–water partition coefficient (Wildman–Crippen LogP) is 10.7. The number of hydrogen-bond donors (Lipinski definition) is 1. The molecule has 0 aliphatic carbocycles. The number of aryl methyl sites for hydroxylation is 4. The molecule has 0 fully saturated rings. The van der Waals surface area contributed by atoms with Gasteiger partial charge in [-0.05, 0) is 108 Å². The van der Waals surface area contributed by atoms with Gasteiger partial charge in [0.1, 0.15) is 33.9 Å². The third kappa shape index (κ3) is 18.9. The molecule has 10 heterocycles. The van der Waals surface area contributed by atoms with Gasteiger partial charge in [0.2, 0.25) is 6.41 Å². The Bertz CT molecular complexity index is 4810. The molecule has 95 heavy (non-hydrogen) atoms. The molecule has 0 aliphatic heterocycles. The third-order valence-corrected chi connectivity index (χ3v) is 21.4. The number of thiazole rings is 4. The summed E-state index contributed by atoms with van der Waals surface area (Å²) in [7, 11) is 12.4.